The van der Waals surface area contributed by atoms with E-state index in [-0.39, 0.29) is 0 Å². The van der Waals surface area contributed by atoms with Crippen molar-refractivity contribution in [3.63, 3.8) is 0 Å². The summed E-state index contributed by atoms with van der Waals surface area (Å²) >= 11 is 2.46. The van der Waals surface area contributed by atoms with Crippen molar-refractivity contribution >= 4 is 21.8 Å². The van der Waals surface area contributed by atoms with Gasteiger partial charge in [0.2, 0.25) is 6.36 Å². The minimum absolute atomic E-state index is 0.538. The fourth-order valence-electron chi connectivity index (χ4n) is 0.453. The molecular weight excluding hydrogens is 233 g/mol. The van der Waals surface area contributed by atoms with E-state index in [4.69, 9.17) is 0 Å². The number of alkyl halides is 2. The summed E-state index contributed by atoms with van der Waals surface area (Å²) < 4.78 is 43.3. The molecule has 3 unspecified atom stereocenters. The molecule has 0 aromatic heterocycles. The van der Waals surface area contributed by atoms with Crippen LogP contribution in [-0.2, 0) is 13.6 Å². The summed E-state index contributed by atoms with van der Waals surface area (Å²) in [6, 6.07) is 0. The van der Waals surface area contributed by atoms with E-state index in [1.165, 1.54) is 0 Å². The first-order valence-corrected chi connectivity index (χ1v) is 5.98. The Kier molecular flexibility index (Phi) is 2.45. The van der Waals surface area contributed by atoms with Crippen LogP contribution in [-0.4, -0.2) is 19.1 Å². The summed E-state index contributed by atoms with van der Waals surface area (Å²) in [7, 11) is 0. The maximum Gasteiger partial charge on any atom is 0.398 e. The van der Waals surface area contributed by atoms with Crippen molar-refractivity contribution in [1.29, 1.82) is 0 Å². The van der Waals surface area contributed by atoms with Crippen molar-refractivity contribution in [2.45, 2.75) is 12.5 Å². The molecule has 3 nitrogen and oxygen atoms in total. The molecule has 60 valence electrons. The van der Waals surface area contributed by atoms with Gasteiger partial charge in [0, 0.05) is 15.5 Å². The first-order valence-electron chi connectivity index (χ1n) is 2.42. The molecule has 0 aromatic carbocycles. The largest absolute Gasteiger partial charge is 0.398 e. The average molecular weight is 237 g/mol. The smallest absolute Gasteiger partial charge is 0.297 e. The van der Waals surface area contributed by atoms with Crippen molar-refractivity contribution in [2.24, 2.45) is 0 Å². The SMILES string of the molecule is O=P1(Br)OCC(F)C(F)O1. The van der Waals surface area contributed by atoms with Crippen LogP contribution in [0.2, 0.25) is 0 Å². The van der Waals surface area contributed by atoms with Gasteiger partial charge in [-0.15, -0.1) is 0 Å². The molecule has 0 aliphatic carbocycles. The maximum atomic E-state index is 12.2. The highest BCUT2D eigenvalue weighted by Gasteiger charge is 2.38. The average Bonchev–Trinajstić information content (AvgIpc) is 1.79. The third-order valence-corrected chi connectivity index (χ3v) is 2.93. The van der Waals surface area contributed by atoms with Crippen LogP contribution in [0, 0.1) is 0 Å². The van der Waals surface area contributed by atoms with Crippen molar-refractivity contribution in [2.75, 3.05) is 6.61 Å². The van der Waals surface area contributed by atoms with Crippen molar-refractivity contribution < 1.29 is 22.4 Å². The van der Waals surface area contributed by atoms with Gasteiger partial charge in [-0.05, 0) is 0 Å². The Hall–Kier alpha value is 0.490. The lowest BCUT2D eigenvalue weighted by Gasteiger charge is -2.23. The molecule has 1 aliphatic rings. The van der Waals surface area contributed by atoms with Gasteiger partial charge >= 0.3 is 6.30 Å². The number of hydrogen-bond acceptors (Lipinski definition) is 3. The summed E-state index contributed by atoms with van der Waals surface area (Å²) in [6.07, 6.45) is -7.48. The molecule has 0 aromatic rings. The van der Waals surface area contributed by atoms with Gasteiger partial charge in [-0.2, -0.15) is 0 Å². The van der Waals surface area contributed by atoms with Crippen LogP contribution in [0.15, 0.2) is 0 Å². The zero-order chi connectivity index (χ0) is 7.78. The van der Waals surface area contributed by atoms with E-state index in [0.717, 1.165) is 0 Å². The van der Waals surface area contributed by atoms with Crippen LogP contribution in [0.1, 0.15) is 0 Å². The van der Waals surface area contributed by atoms with Gasteiger partial charge in [0.25, 0.3) is 0 Å². The van der Waals surface area contributed by atoms with Crippen LogP contribution in [0.25, 0.3) is 0 Å². The first kappa shape index (κ1) is 8.59. The van der Waals surface area contributed by atoms with E-state index < -0.39 is 25.4 Å². The molecule has 0 bridgehead atoms. The highest BCUT2D eigenvalue weighted by Crippen LogP contribution is 2.59. The van der Waals surface area contributed by atoms with Crippen LogP contribution in [0.4, 0.5) is 8.78 Å². The van der Waals surface area contributed by atoms with Crippen LogP contribution < -0.4 is 0 Å². The van der Waals surface area contributed by atoms with Gasteiger partial charge in [-0.25, -0.2) is 13.3 Å². The van der Waals surface area contributed by atoms with Crippen LogP contribution in [0.3, 0.4) is 0 Å². The fraction of sp³-hybridized carbons (Fsp3) is 1.00. The van der Waals surface area contributed by atoms with Crippen molar-refractivity contribution in [3.8, 4) is 0 Å². The third-order valence-electron chi connectivity index (χ3n) is 0.899. The number of hydrogen-bond donors (Lipinski definition) is 0. The van der Waals surface area contributed by atoms with Crippen molar-refractivity contribution in [1.82, 2.24) is 0 Å². The van der Waals surface area contributed by atoms with Gasteiger partial charge in [-0.1, -0.05) is 0 Å². The Balaban J connectivity index is 2.57. The third kappa shape index (κ3) is 1.99. The molecular formula is C3H4BrF2O3P. The molecule has 0 spiro atoms. The molecule has 7 heteroatoms. The Morgan fingerprint density at radius 3 is 2.60 bits per heavy atom. The lowest BCUT2D eigenvalue weighted by Crippen LogP contribution is -2.28. The minimum Gasteiger partial charge on any atom is -0.297 e. The first-order chi connectivity index (χ1) is 4.51. The summed E-state index contributed by atoms with van der Waals surface area (Å²) in [4.78, 5) is 0. The predicted octanol–water partition coefficient (Wildman–Crippen LogP) is 2.17. The normalized spacial score (nSPS) is 49.1. The Labute approximate surface area is 64.0 Å². The van der Waals surface area contributed by atoms with E-state index in [1.54, 1.807) is 0 Å². The zero-order valence-corrected chi connectivity index (χ0v) is 7.15. The second kappa shape index (κ2) is 2.85. The quantitative estimate of drug-likeness (QED) is 0.605. The molecule has 1 rings (SSSR count). The van der Waals surface area contributed by atoms with E-state index in [2.05, 4.69) is 24.5 Å². The van der Waals surface area contributed by atoms with E-state index in [9.17, 15) is 13.3 Å². The molecule has 0 amide bonds. The second-order valence-corrected chi connectivity index (χ2v) is 5.64. The van der Waals surface area contributed by atoms with Crippen LogP contribution >= 0.6 is 21.8 Å². The number of rotatable bonds is 0. The second-order valence-electron chi connectivity index (χ2n) is 1.70. The summed E-state index contributed by atoms with van der Waals surface area (Å²) in [6.45, 7) is -0.538. The topological polar surface area (TPSA) is 35.5 Å². The van der Waals surface area contributed by atoms with E-state index in [0.29, 0.717) is 0 Å². The maximum absolute atomic E-state index is 12.2. The predicted molar refractivity (Wildman–Crippen MR) is 33.4 cm³/mol. The van der Waals surface area contributed by atoms with Gasteiger partial charge in [0.1, 0.15) is 0 Å². The monoisotopic (exact) mass is 236 g/mol. The Morgan fingerprint density at radius 1 is 1.60 bits per heavy atom. The highest BCUT2D eigenvalue weighted by molar-refractivity contribution is 9.39. The number of halogens is 3. The van der Waals surface area contributed by atoms with Crippen molar-refractivity contribution in [3.05, 3.63) is 0 Å². The lowest BCUT2D eigenvalue weighted by molar-refractivity contribution is -0.0598. The summed E-state index contributed by atoms with van der Waals surface area (Å²) in [5, 5.41) is 0. The fourth-order valence-corrected chi connectivity index (χ4v) is 2.04. The zero-order valence-electron chi connectivity index (χ0n) is 4.67. The summed E-state index contributed by atoms with van der Waals surface area (Å²) in [5.41, 5.74) is 0. The van der Waals surface area contributed by atoms with E-state index in [1.807, 2.05) is 0 Å². The standard InChI is InChI=1S/C3H4BrF2O3P/c4-10(7)8-1-2(5)3(6)9-10/h2-3H,1H2. The van der Waals surface area contributed by atoms with Crippen LogP contribution in [0.5, 0.6) is 0 Å². The Bertz CT molecular complexity index is 177. The molecule has 0 saturated carbocycles. The molecule has 3 atom stereocenters. The van der Waals surface area contributed by atoms with Gasteiger partial charge in [0.05, 0.1) is 6.61 Å². The molecule has 0 radical (unpaired) electrons. The Morgan fingerprint density at radius 2 is 2.20 bits per heavy atom. The summed E-state index contributed by atoms with van der Waals surface area (Å²) in [5.74, 6) is 0. The molecule has 1 saturated heterocycles. The minimum atomic E-state index is -3.48. The molecule has 1 fully saturated rings. The molecule has 0 N–H and O–H groups in total. The molecule has 10 heavy (non-hydrogen) atoms. The van der Waals surface area contributed by atoms with Gasteiger partial charge < -0.3 is 0 Å². The van der Waals surface area contributed by atoms with Gasteiger partial charge in [-0.3, -0.25) is 9.05 Å². The van der Waals surface area contributed by atoms with E-state index >= 15 is 0 Å². The lowest BCUT2D eigenvalue weighted by atomic mass is 10.4. The highest BCUT2D eigenvalue weighted by atomic mass is 79.9. The molecule has 1 heterocycles. The van der Waals surface area contributed by atoms with Gasteiger partial charge in [0.15, 0.2) is 6.17 Å². The molecule has 1 aliphatic heterocycles.